The van der Waals surface area contributed by atoms with Crippen LogP contribution in [0.1, 0.15) is 39.4 Å². The number of carbonyl (C=O) groups excluding carboxylic acids is 2. The molecule has 2 rings (SSSR count). The van der Waals surface area contributed by atoms with Crippen molar-refractivity contribution in [1.82, 2.24) is 0 Å². The number of ether oxygens (including phenoxy) is 2. The third-order valence-electron chi connectivity index (χ3n) is 3.94. The Morgan fingerprint density at radius 3 is 2.36 bits per heavy atom. The van der Waals surface area contributed by atoms with Gasteiger partial charge in [-0.3, -0.25) is 9.59 Å². The molecule has 2 aromatic rings. The lowest BCUT2D eigenvalue weighted by Gasteiger charge is -2.16. The molecule has 1 aromatic heterocycles. The van der Waals surface area contributed by atoms with Crippen molar-refractivity contribution in [3.63, 3.8) is 0 Å². The summed E-state index contributed by atoms with van der Waals surface area (Å²) in [7, 11) is 3.03. The highest BCUT2D eigenvalue weighted by Crippen LogP contribution is 2.34. The standard InChI is InChI=1S/C18H22N2O4S/c1-5-13-10(2)14(16(19)21)18(25-13)20-17(22)15(24-4)11-6-8-12(23-3)9-7-11/h6-9,15H,5H2,1-4H3,(H2,19,21)(H,20,22). The SMILES string of the molecule is CCc1sc(NC(=O)C(OC)c2ccc(OC)cc2)c(C(N)=O)c1C. The average molecular weight is 362 g/mol. The maximum absolute atomic E-state index is 12.7. The highest BCUT2D eigenvalue weighted by molar-refractivity contribution is 7.17. The Bertz CT molecular complexity index is 768. The molecule has 0 saturated heterocycles. The number of aryl methyl sites for hydroxylation is 1. The molecule has 0 fully saturated rings. The van der Waals surface area contributed by atoms with Gasteiger partial charge < -0.3 is 20.5 Å². The molecule has 0 bridgehead atoms. The molecule has 0 aliphatic carbocycles. The zero-order valence-electron chi connectivity index (χ0n) is 14.7. The van der Waals surface area contributed by atoms with Gasteiger partial charge in [0.1, 0.15) is 10.8 Å². The Morgan fingerprint density at radius 2 is 1.88 bits per heavy atom. The third kappa shape index (κ3) is 4.00. The van der Waals surface area contributed by atoms with Crippen LogP contribution in [0, 0.1) is 6.92 Å². The first-order valence-corrected chi connectivity index (χ1v) is 8.64. The van der Waals surface area contributed by atoms with Gasteiger partial charge in [-0.1, -0.05) is 19.1 Å². The molecule has 134 valence electrons. The van der Waals surface area contributed by atoms with E-state index in [1.165, 1.54) is 18.4 Å². The fourth-order valence-electron chi connectivity index (χ4n) is 2.63. The number of anilines is 1. The molecule has 25 heavy (non-hydrogen) atoms. The first-order valence-electron chi connectivity index (χ1n) is 7.82. The molecule has 1 heterocycles. The fourth-order valence-corrected chi connectivity index (χ4v) is 3.79. The second-order valence-electron chi connectivity index (χ2n) is 5.45. The molecule has 0 spiro atoms. The van der Waals surface area contributed by atoms with Gasteiger partial charge in [0.25, 0.3) is 11.8 Å². The first-order chi connectivity index (χ1) is 11.9. The fraction of sp³-hybridized carbons (Fsp3) is 0.333. The van der Waals surface area contributed by atoms with Gasteiger partial charge in [0.05, 0.1) is 12.7 Å². The van der Waals surface area contributed by atoms with Crippen molar-refractivity contribution in [3.05, 3.63) is 45.8 Å². The van der Waals surface area contributed by atoms with E-state index < -0.39 is 12.0 Å². The zero-order chi connectivity index (χ0) is 18.6. The minimum atomic E-state index is -0.806. The molecule has 1 unspecified atom stereocenters. The number of hydrogen-bond acceptors (Lipinski definition) is 5. The molecule has 7 heteroatoms. The largest absolute Gasteiger partial charge is 0.497 e. The van der Waals surface area contributed by atoms with E-state index in [0.29, 0.717) is 21.9 Å². The lowest BCUT2D eigenvalue weighted by Crippen LogP contribution is -2.24. The summed E-state index contributed by atoms with van der Waals surface area (Å²) in [5.74, 6) is -0.224. The average Bonchev–Trinajstić information content (AvgIpc) is 2.91. The van der Waals surface area contributed by atoms with E-state index in [0.717, 1.165) is 16.9 Å². The summed E-state index contributed by atoms with van der Waals surface area (Å²) in [4.78, 5) is 25.5. The van der Waals surface area contributed by atoms with Crippen LogP contribution in [0.3, 0.4) is 0 Å². The van der Waals surface area contributed by atoms with Gasteiger partial charge in [0.2, 0.25) is 0 Å². The van der Waals surface area contributed by atoms with E-state index >= 15 is 0 Å². The van der Waals surface area contributed by atoms with Gasteiger partial charge in [-0.15, -0.1) is 11.3 Å². The molecule has 2 amide bonds. The van der Waals surface area contributed by atoms with Crippen LogP contribution in [-0.2, 0) is 16.0 Å². The summed E-state index contributed by atoms with van der Waals surface area (Å²) in [6, 6.07) is 7.04. The molecule has 1 aromatic carbocycles. The van der Waals surface area contributed by atoms with Gasteiger partial charge in [-0.05, 0) is 36.6 Å². The normalized spacial score (nSPS) is 11.8. The maximum Gasteiger partial charge on any atom is 0.258 e. The molecule has 3 N–H and O–H groups in total. The highest BCUT2D eigenvalue weighted by Gasteiger charge is 2.25. The summed E-state index contributed by atoms with van der Waals surface area (Å²) >= 11 is 1.36. The van der Waals surface area contributed by atoms with Crippen LogP contribution in [0.5, 0.6) is 5.75 Å². The van der Waals surface area contributed by atoms with Gasteiger partial charge in [0.15, 0.2) is 6.10 Å². The van der Waals surface area contributed by atoms with E-state index in [4.69, 9.17) is 15.2 Å². The van der Waals surface area contributed by atoms with Crippen LogP contribution in [0.25, 0.3) is 0 Å². The van der Waals surface area contributed by atoms with Crippen LogP contribution < -0.4 is 15.8 Å². The van der Waals surface area contributed by atoms with Gasteiger partial charge in [-0.2, -0.15) is 0 Å². The van der Waals surface area contributed by atoms with Crippen molar-refractivity contribution in [3.8, 4) is 5.75 Å². The highest BCUT2D eigenvalue weighted by atomic mass is 32.1. The van der Waals surface area contributed by atoms with Crippen molar-refractivity contribution in [2.75, 3.05) is 19.5 Å². The molecule has 0 aliphatic rings. The second kappa shape index (κ2) is 8.13. The Kier molecular flexibility index (Phi) is 6.17. The summed E-state index contributed by atoms with van der Waals surface area (Å²) in [5, 5.41) is 3.25. The molecule has 0 saturated carbocycles. The van der Waals surface area contributed by atoms with Crippen LogP contribution in [0.2, 0.25) is 0 Å². The number of hydrogen-bond donors (Lipinski definition) is 2. The number of nitrogens with one attached hydrogen (secondary N) is 1. The van der Waals surface area contributed by atoms with E-state index in [2.05, 4.69) is 5.32 Å². The topological polar surface area (TPSA) is 90.7 Å². The quantitative estimate of drug-likeness (QED) is 0.792. The molecule has 6 nitrogen and oxygen atoms in total. The number of benzene rings is 1. The van der Waals surface area contributed by atoms with Gasteiger partial charge in [-0.25, -0.2) is 0 Å². The Balaban J connectivity index is 2.29. The molecular weight excluding hydrogens is 340 g/mol. The third-order valence-corrected chi connectivity index (χ3v) is 5.29. The molecule has 1 atom stereocenters. The summed E-state index contributed by atoms with van der Waals surface area (Å²) in [6.45, 7) is 3.83. The second-order valence-corrected chi connectivity index (χ2v) is 6.56. The van der Waals surface area contributed by atoms with Crippen LogP contribution >= 0.6 is 11.3 Å². The number of rotatable bonds is 7. The van der Waals surface area contributed by atoms with Crippen LogP contribution in [0.15, 0.2) is 24.3 Å². The Hall–Kier alpha value is -2.38. The number of primary amides is 1. The van der Waals surface area contributed by atoms with Crippen LogP contribution in [-0.4, -0.2) is 26.0 Å². The number of thiophene rings is 1. The van der Waals surface area contributed by atoms with E-state index in [1.807, 2.05) is 13.8 Å². The van der Waals surface area contributed by atoms with E-state index in [-0.39, 0.29) is 5.91 Å². The lowest BCUT2D eigenvalue weighted by atomic mass is 10.1. The number of nitrogens with two attached hydrogens (primary N) is 1. The summed E-state index contributed by atoms with van der Waals surface area (Å²) in [5.41, 5.74) is 7.34. The number of carbonyl (C=O) groups is 2. The zero-order valence-corrected chi connectivity index (χ0v) is 15.5. The predicted octanol–water partition coefficient (Wildman–Crippen LogP) is 3.05. The van der Waals surface area contributed by atoms with Crippen LogP contribution in [0.4, 0.5) is 5.00 Å². The Labute approximate surface area is 150 Å². The van der Waals surface area contributed by atoms with Crippen molar-refractivity contribution in [1.29, 1.82) is 0 Å². The summed E-state index contributed by atoms with van der Waals surface area (Å²) in [6.07, 6.45) is -0.0436. The number of amides is 2. The van der Waals surface area contributed by atoms with Crippen molar-refractivity contribution in [2.24, 2.45) is 5.73 Å². The number of methoxy groups -OCH3 is 2. The van der Waals surface area contributed by atoms with E-state index in [1.54, 1.807) is 31.4 Å². The maximum atomic E-state index is 12.7. The first kappa shape index (κ1) is 19.0. The predicted molar refractivity (Wildman–Crippen MR) is 98.3 cm³/mol. The monoisotopic (exact) mass is 362 g/mol. The minimum absolute atomic E-state index is 0.361. The smallest absolute Gasteiger partial charge is 0.258 e. The minimum Gasteiger partial charge on any atom is -0.497 e. The van der Waals surface area contributed by atoms with Crippen molar-refractivity contribution < 1.29 is 19.1 Å². The van der Waals surface area contributed by atoms with Gasteiger partial charge in [0, 0.05) is 12.0 Å². The van der Waals surface area contributed by atoms with E-state index in [9.17, 15) is 9.59 Å². The Morgan fingerprint density at radius 1 is 1.24 bits per heavy atom. The molecule has 0 aliphatic heterocycles. The molecule has 0 radical (unpaired) electrons. The van der Waals surface area contributed by atoms with Crippen molar-refractivity contribution in [2.45, 2.75) is 26.4 Å². The summed E-state index contributed by atoms with van der Waals surface area (Å²) < 4.78 is 10.5. The molecular formula is C18H22N2O4S. The van der Waals surface area contributed by atoms with Gasteiger partial charge >= 0.3 is 0 Å². The lowest BCUT2D eigenvalue weighted by molar-refractivity contribution is -0.126. The van der Waals surface area contributed by atoms with Crippen molar-refractivity contribution >= 4 is 28.2 Å².